The lowest BCUT2D eigenvalue weighted by Crippen LogP contribution is -2.34. The molecule has 0 aromatic heterocycles. The van der Waals surface area contributed by atoms with Crippen LogP contribution >= 0.6 is 0 Å². The zero-order valence-corrected chi connectivity index (χ0v) is 8.50. The third kappa shape index (κ3) is 2.34. The molecule has 72 valence electrons. The van der Waals surface area contributed by atoms with Gasteiger partial charge in [0.2, 0.25) is 0 Å². The fourth-order valence-corrected chi connectivity index (χ4v) is 0.960. The first-order chi connectivity index (χ1) is 5.91. The van der Waals surface area contributed by atoms with Crippen LogP contribution in [0.3, 0.4) is 0 Å². The van der Waals surface area contributed by atoms with Crippen LogP contribution in [0.2, 0.25) is 0 Å². The van der Waals surface area contributed by atoms with Crippen molar-refractivity contribution in [3.05, 3.63) is 24.4 Å². The van der Waals surface area contributed by atoms with E-state index in [1.54, 1.807) is 6.20 Å². The average Bonchev–Trinajstić information content (AvgIpc) is 2.03. The van der Waals surface area contributed by atoms with Gasteiger partial charge in [-0.25, -0.2) is 0 Å². The highest BCUT2D eigenvalue weighted by atomic mass is 16.5. The summed E-state index contributed by atoms with van der Waals surface area (Å²) >= 11 is 0. The number of ether oxygens (including phenoxy) is 1. The lowest BCUT2D eigenvalue weighted by molar-refractivity contribution is -0.116. The Morgan fingerprint density at radius 1 is 1.46 bits per heavy atom. The average molecular weight is 181 g/mol. The molecule has 1 aliphatic heterocycles. The number of carbonyl (C=O) groups is 1. The lowest BCUT2D eigenvalue weighted by atomic mass is 10.1. The summed E-state index contributed by atoms with van der Waals surface area (Å²) in [6.07, 6.45) is 5.07. The molecule has 0 saturated carbocycles. The molecule has 0 aromatic carbocycles. The van der Waals surface area contributed by atoms with Crippen molar-refractivity contribution in [3.63, 3.8) is 0 Å². The second-order valence-corrected chi connectivity index (χ2v) is 4.03. The standard InChI is InChI=1S/C10H15NO2/c1-8(12)9-7-11(5-6-13-9)10(2,3)4/h5-7H,1-4H3. The van der Waals surface area contributed by atoms with Gasteiger partial charge < -0.3 is 9.64 Å². The predicted octanol–water partition coefficient (Wildman–Crippen LogP) is 2.02. The van der Waals surface area contributed by atoms with E-state index >= 15 is 0 Å². The number of nitrogens with zero attached hydrogens (tertiary/aromatic N) is 1. The van der Waals surface area contributed by atoms with Crippen LogP contribution in [0.5, 0.6) is 0 Å². The van der Waals surface area contributed by atoms with Crippen molar-refractivity contribution in [3.8, 4) is 0 Å². The Morgan fingerprint density at radius 3 is 2.54 bits per heavy atom. The number of hydrogen-bond donors (Lipinski definition) is 0. The van der Waals surface area contributed by atoms with Gasteiger partial charge in [-0.2, -0.15) is 0 Å². The first-order valence-corrected chi connectivity index (χ1v) is 4.26. The highest BCUT2D eigenvalue weighted by molar-refractivity contribution is 5.91. The Kier molecular flexibility index (Phi) is 2.45. The number of ketones is 1. The molecule has 3 heteroatoms. The second-order valence-electron chi connectivity index (χ2n) is 4.03. The van der Waals surface area contributed by atoms with E-state index in [2.05, 4.69) is 20.8 Å². The van der Waals surface area contributed by atoms with E-state index < -0.39 is 0 Å². The van der Waals surface area contributed by atoms with E-state index in [9.17, 15) is 4.79 Å². The lowest BCUT2D eigenvalue weighted by Gasteiger charge is -2.33. The SMILES string of the molecule is CC(=O)C1=CN(C(C)(C)C)C=CO1. The summed E-state index contributed by atoms with van der Waals surface area (Å²) in [5, 5.41) is 0. The Bertz CT molecular complexity index is 271. The van der Waals surface area contributed by atoms with E-state index in [0.29, 0.717) is 5.76 Å². The van der Waals surface area contributed by atoms with E-state index in [1.165, 1.54) is 13.2 Å². The monoisotopic (exact) mass is 181 g/mol. The molecule has 0 radical (unpaired) electrons. The fraction of sp³-hybridized carbons (Fsp3) is 0.500. The predicted molar refractivity (Wildman–Crippen MR) is 50.6 cm³/mol. The van der Waals surface area contributed by atoms with Gasteiger partial charge in [0, 0.05) is 18.7 Å². The van der Waals surface area contributed by atoms with Crippen LogP contribution in [0, 0.1) is 0 Å². The van der Waals surface area contributed by atoms with Crippen molar-refractivity contribution < 1.29 is 9.53 Å². The normalized spacial score (nSPS) is 16.6. The van der Waals surface area contributed by atoms with Gasteiger partial charge in [0.15, 0.2) is 11.5 Å². The fourth-order valence-electron chi connectivity index (χ4n) is 0.960. The van der Waals surface area contributed by atoms with Gasteiger partial charge in [0.25, 0.3) is 0 Å². The quantitative estimate of drug-likeness (QED) is 0.619. The molecule has 0 amide bonds. The maximum Gasteiger partial charge on any atom is 0.196 e. The summed E-state index contributed by atoms with van der Waals surface area (Å²) in [6, 6.07) is 0. The molecule has 1 aliphatic rings. The smallest absolute Gasteiger partial charge is 0.196 e. The molecule has 0 aliphatic carbocycles. The van der Waals surface area contributed by atoms with Crippen molar-refractivity contribution >= 4 is 5.78 Å². The van der Waals surface area contributed by atoms with Crippen LogP contribution in [-0.4, -0.2) is 16.2 Å². The van der Waals surface area contributed by atoms with Crippen molar-refractivity contribution in [2.24, 2.45) is 0 Å². The molecule has 13 heavy (non-hydrogen) atoms. The minimum Gasteiger partial charge on any atom is -0.458 e. The number of allylic oxidation sites excluding steroid dienone is 1. The molecule has 0 atom stereocenters. The maximum absolute atomic E-state index is 11.0. The van der Waals surface area contributed by atoms with Gasteiger partial charge in [-0.3, -0.25) is 4.79 Å². The third-order valence-corrected chi connectivity index (χ3v) is 1.79. The summed E-state index contributed by atoms with van der Waals surface area (Å²) in [7, 11) is 0. The molecule has 0 saturated heterocycles. The minimum absolute atomic E-state index is 0.0268. The van der Waals surface area contributed by atoms with Crippen LogP contribution in [0.25, 0.3) is 0 Å². The summed E-state index contributed by atoms with van der Waals surface area (Å²) in [5.41, 5.74) is -0.0268. The molecule has 1 rings (SSSR count). The molecule has 0 aromatic rings. The molecule has 3 nitrogen and oxygen atoms in total. The van der Waals surface area contributed by atoms with Crippen LogP contribution in [-0.2, 0) is 9.53 Å². The van der Waals surface area contributed by atoms with Gasteiger partial charge in [0.05, 0.1) is 6.20 Å². The number of carbonyl (C=O) groups excluding carboxylic acids is 1. The highest BCUT2D eigenvalue weighted by Crippen LogP contribution is 2.19. The first-order valence-electron chi connectivity index (χ1n) is 4.26. The van der Waals surface area contributed by atoms with Gasteiger partial charge in [-0.05, 0) is 20.8 Å². The van der Waals surface area contributed by atoms with E-state index in [-0.39, 0.29) is 11.3 Å². The third-order valence-electron chi connectivity index (χ3n) is 1.79. The zero-order chi connectivity index (χ0) is 10.1. The summed E-state index contributed by atoms with van der Waals surface area (Å²) in [6.45, 7) is 7.69. The molecule has 1 heterocycles. The highest BCUT2D eigenvalue weighted by Gasteiger charge is 2.20. The van der Waals surface area contributed by atoms with Crippen LogP contribution in [0.4, 0.5) is 0 Å². The number of Topliss-reactive ketones (excluding diaryl/α,β-unsaturated/α-hetero) is 1. The number of rotatable bonds is 1. The molecule has 0 bridgehead atoms. The molecule has 0 N–H and O–H groups in total. The van der Waals surface area contributed by atoms with E-state index in [0.717, 1.165) is 0 Å². The largest absolute Gasteiger partial charge is 0.458 e. The Morgan fingerprint density at radius 2 is 2.08 bits per heavy atom. The van der Waals surface area contributed by atoms with Crippen molar-refractivity contribution in [2.75, 3.05) is 0 Å². The summed E-state index contributed by atoms with van der Waals surface area (Å²) in [5.74, 6) is 0.330. The van der Waals surface area contributed by atoms with Gasteiger partial charge in [-0.15, -0.1) is 0 Å². The summed E-state index contributed by atoms with van der Waals surface area (Å²) < 4.78 is 5.05. The Balaban J connectivity index is 2.85. The molecular weight excluding hydrogens is 166 g/mol. The van der Waals surface area contributed by atoms with E-state index in [4.69, 9.17) is 4.74 Å². The minimum atomic E-state index is -0.0569. The van der Waals surface area contributed by atoms with Gasteiger partial charge >= 0.3 is 0 Å². The zero-order valence-electron chi connectivity index (χ0n) is 8.50. The second kappa shape index (κ2) is 3.24. The van der Waals surface area contributed by atoms with Gasteiger partial charge in [0.1, 0.15) is 6.26 Å². The maximum atomic E-state index is 11.0. The topological polar surface area (TPSA) is 29.5 Å². The molecular formula is C10H15NO2. The van der Waals surface area contributed by atoms with E-state index in [1.807, 2.05) is 11.1 Å². The molecule has 0 unspecified atom stereocenters. The molecule has 0 spiro atoms. The van der Waals surface area contributed by atoms with Crippen LogP contribution in [0.15, 0.2) is 24.4 Å². The Labute approximate surface area is 78.7 Å². The Hall–Kier alpha value is -1.25. The number of hydrogen-bond acceptors (Lipinski definition) is 3. The van der Waals surface area contributed by atoms with Crippen molar-refractivity contribution in [2.45, 2.75) is 33.2 Å². The van der Waals surface area contributed by atoms with Crippen LogP contribution < -0.4 is 0 Å². The first kappa shape index (κ1) is 9.84. The summed E-state index contributed by atoms with van der Waals surface area (Å²) in [4.78, 5) is 13.0. The molecule has 0 fully saturated rings. The van der Waals surface area contributed by atoms with Crippen molar-refractivity contribution in [1.29, 1.82) is 0 Å². The van der Waals surface area contributed by atoms with Crippen LogP contribution in [0.1, 0.15) is 27.7 Å². The van der Waals surface area contributed by atoms with Gasteiger partial charge in [-0.1, -0.05) is 0 Å². The van der Waals surface area contributed by atoms with Crippen molar-refractivity contribution in [1.82, 2.24) is 4.90 Å².